The van der Waals surface area contributed by atoms with Gasteiger partial charge in [0.2, 0.25) is 0 Å². The van der Waals surface area contributed by atoms with Crippen molar-refractivity contribution in [3.8, 4) is 0 Å². The second-order valence-electron chi connectivity index (χ2n) is 5.70. The standard InChI is InChI=1S/C16H21FN4O/c1-19-11-13(10-18-19)21-8-6-20(7-9-21)12-16(22)14-4-2-3-5-15(14)17/h2-5,10-11,16,22H,6-9,12H2,1H3. The summed E-state index contributed by atoms with van der Waals surface area (Å²) in [4.78, 5) is 4.45. The molecule has 1 fully saturated rings. The molecule has 1 aliphatic heterocycles. The van der Waals surface area contributed by atoms with Gasteiger partial charge in [-0.1, -0.05) is 18.2 Å². The van der Waals surface area contributed by atoms with Gasteiger partial charge in [-0.2, -0.15) is 5.10 Å². The summed E-state index contributed by atoms with van der Waals surface area (Å²) < 4.78 is 15.5. The highest BCUT2D eigenvalue weighted by atomic mass is 19.1. The van der Waals surface area contributed by atoms with E-state index in [1.54, 1.807) is 22.9 Å². The summed E-state index contributed by atoms with van der Waals surface area (Å²) in [7, 11) is 1.91. The number of halogens is 1. The molecule has 3 rings (SSSR count). The molecule has 0 amide bonds. The van der Waals surface area contributed by atoms with E-state index in [9.17, 15) is 9.50 Å². The van der Waals surface area contributed by atoms with Crippen LogP contribution in [0.15, 0.2) is 36.7 Å². The van der Waals surface area contributed by atoms with E-state index in [1.165, 1.54) is 6.07 Å². The zero-order valence-electron chi connectivity index (χ0n) is 12.7. The summed E-state index contributed by atoms with van der Waals surface area (Å²) in [5.74, 6) is -0.344. The number of aliphatic hydroxyl groups excluding tert-OH is 1. The van der Waals surface area contributed by atoms with E-state index in [0.717, 1.165) is 31.9 Å². The maximum atomic E-state index is 13.7. The lowest BCUT2D eigenvalue weighted by Gasteiger charge is -2.36. The molecular formula is C16H21FN4O. The first kappa shape index (κ1) is 15.0. The van der Waals surface area contributed by atoms with Gasteiger partial charge in [-0.25, -0.2) is 4.39 Å². The lowest BCUT2D eigenvalue weighted by Crippen LogP contribution is -2.47. The molecule has 1 atom stereocenters. The van der Waals surface area contributed by atoms with E-state index in [-0.39, 0.29) is 5.82 Å². The van der Waals surface area contributed by atoms with E-state index < -0.39 is 6.10 Å². The van der Waals surface area contributed by atoms with Crippen LogP contribution in [0.4, 0.5) is 10.1 Å². The Morgan fingerprint density at radius 3 is 2.59 bits per heavy atom. The van der Waals surface area contributed by atoms with Crippen molar-refractivity contribution < 1.29 is 9.50 Å². The Hall–Kier alpha value is -1.92. The smallest absolute Gasteiger partial charge is 0.129 e. The SMILES string of the molecule is Cn1cc(N2CCN(CC(O)c3ccccc3F)CC2)cn1. The van der Waals surface area contributed by atoms with Gasteiger partial charge in [-0.3, -0.25) is 9.58 Å². The first-order valence-corrected chi connectivity index (χ1v) is 7.52. The number of rotatable bonds is 4. The Morgan fingerprint density at radius 2 is 1.95 bits per heavy atom. The van der Waals surface area contributed by atoms with Crippen molar-refractivity contribution in [2.24, 2.45) is 7.05 Å². The van der Waals surface area contributed by atoms with Gasteiger partial charge in [0.25, 0.3) is 0 Å². The Balaban J connectivity index is 1.55. The second-order valence-corrected chi connectivity index (χ2v) is 5.70. The van der Waals surface area contributed by atoms with E-state index in [0.29, 0.717) is 12.1 Å². The van der Waals surface area contributed by atoms with Crippen LogP contribution in [0.5, 0.6) is 0 Å². The molecule has 0 spiro atoms. The summed E-state index contributed by atoms with van der Waals surface area (Å²) in [6.07, 6.45) is 3.08. The molecule has 2 aromatic rings. The molecule has 1 aromatic carbocycles. The summed E-state index contributed by atoms with van der Waals surface area (Å²) in [6, 6.07) is 6.42. The molecule has 1 unspecified atom stereocenters. The Kier molecular flexibility index (Phi) is 4.40. The molecule has 1 aliphatic rings. The highest BCUT2D eigenvalue weighted by Crippen LogP contribution is 2.20. The van der Waals surface area contributed by atoms with Crippen LogP contribution in [-0.4, -0.2) is 52.5 Å². The summed E-state index contributed by atoms with van der Waals surface area (Å²) in [5, 5.41) is 14.4. The molecule has 1 saturated heterocycles. The number of benzene rings is 1. The van der Waals surface area contributed by atoms with Crippen LogP contribution in [-0.2, 0) is 7.05 Å². The second kappa shape index (κ2) is 6.46. The monoisotopic (exact) mass is 304 g/mol. The van der Waals surface area contributed by atoms with Gasteiger partial charge in [-0.05, 0) is 6.07 Å². The van der Waals surface area contributed by atoms with Crippen molar-refractivity contribution in [1.29, 1.82) is 0 Å². The number of anilines is 1. The van der Waals surface area contributed by atoms with E-state index >= 15 is 0 Å². The third-order valence-electron chi connectivity index (χ3n) is 4.12. The minimum absolute atomic E-state index is 0.344. The van der Waals surface area contributed by atoms with Gasteiger partial charge in [0.05, 0.1) is 18.0 Å². The number of hydrogen-bond acceptors (Lipinski definition) is 4. The van der Waals surface area contributed by atoms with Gasteiger partial charge < -0.3 is 10.0 Å². The molecule has 6 heteroatoms. The van der Waals surface area contributed by atoms with Crippen LogP contribution >= 0.6 is 0 Å². The van der Waals surface area contributed by atoms with Crippen molar-refractivity contribution in [2.45, 2.75) is 6.10 Å². The Morgan fingerprint density at radius 1 is 1.23 bits per heavy atom. The van der Waals surface area contributed by atoms with Crippen LogP contribution in [0.3, 0.4) is 0 Å². The number of aliphatic hydroxyl groups is 1. The van der Waals surface area contributed by atoms with Crippen molar-refractivity contribution in [2.75, 3.05) is 37.6 Å². The van der Waals surface area contributed by atoms with E-state index in [4.69, 9.17) is 0 Å². The molecule has 1 aromatic heterocycles. The molecule has 1 N–H and O–H groups in total. The number of β-amino-alcohol motifs (C(OH)–C–C–N with tert-alkyl or cyclic N) is 1. The highest BCUT2D eigenvalue weighted by molar-refractivity contribution is 5.42. The summed E-state index contributed by atoms with van der Waals surface area (Å²) in [6.45, 7) is 3.92. The lowest BCUT2D eigenvalue weighted by atomic mass is 10.1. The Labute approximate surface area is 129 Å². The number of piperazine rings is 1. The third-order valence-corrected chi connectivity index (χ3v) is 4.12. The molecular weight excluding hydrogens is 283 g/mol. The first-order chi connectivity index (χ1) is 10.6. The average Bonchev–Trinajstić information content (AvgIpc) is 2.95. The van der Waals surface area contributed by atoms with Gasteiger partial charge in [0.15, 0.2) is 0 Å². The molecule has 2 heterocycles. The van der Waals surface area contributed by atoms with Gasteiger partial charge in [-0.15, -0.1) is 0 Å². The van der Waals surface area contributed by atoms with Gasteiger partial charge in [0, 0.05) is 51.5 Å². The number of aromatic nitrogens is 2. The fourth-order valence-corrected chi connectivity index (χ4v) is 2.85. The molecule has 0 bridgehead atoms. The quantitative estimate of drug-likeness (QED) is 0.928. The number of hydrogen-bond donors (Lipinski definition) is 1. The summed E-state index contributed by atoms with van der Waals surface area (Å²) >= 11 is 0. The maximum absolute atomic E-state index is 13.7. The largest absolute Gasteiger partial charge is 0.387 e. The molecule has 118 valence electrons. The van der Waals surface area contributed by atoms with Crippen molar-refractivity contribution >= 4 is 5.69 Å². The molecule has 5 nitrogen and oxygen atoms in total. The fourth-order valence-electron chi connectivity index (χ4n) is 2.85. The van der Waals surface area contributed by atoms with Crippen LogP contribution < -0.4 is 4.90 Å². The van der Waals surface area contributed by atoms with Gasteiger partial charge in [0.1, 0.15) is 5.82 Å². The average molecular weight is 304 g/mol. The van der Waals surface area contributed by atoms with Crippen molar-refractivity contribution in [1.82, 2.24) is 14.7 Å². The van der Waals surface area contributed by atoms with Crippen LogP contribution in [0.1, 0.15) is 11.7 Å². The lowest BCUT2D eigenvalue weighted by molar-refractivity contribution is 0.106. The maximum Gasteiger partial charge on any atom is 0.129 e. The van der Waals surface area contributed by atoms with Crippen molar-refractivity contribution in [3.05, 3.63) is 48.0 Å². The fraction of sp³-hybridized carbons (Fsp3) is 0.438. The molecule has 22 heavy (non-hydrogen) atoms. The minimum atomic E-state index is -0.786. The zero-order chi connectivity index (χ0) is 15.5. The van der Waals surface area contributed by atoms with E-state index in [2.05, 4.69) is 14.9 Å². The normalized spacial score (nSPS) is 17.7. The predicted octanol–water partition coefficient (Wildman–Crippen LogP) is 1.41. The molecule has 0 aliphatic carbocycles. The third kappa shape index (κ3) is 3.28. The number of aryl methyl sites for hydroxylation is 1. The first-order valence-electron chi connectivity index (χ1n) is 7.52. The minimum Gasteiger partial charge on any atom is -0.387 e. The van der Waals surface area contributed by atoms with Crippen LogP contribution in [0.25, 0.3) is 0 Å². The van der Waals surface area contributed by atoms with Crippen LogP contribution in [0.2, 0.25) is 0 Å². The van der Waals surface area contributed by atoms with Gasteiger partial charge >= 0.3 is 0 Å². The van der Waals surface area contributed by atoms with Crippen LogP contribution in [0, 0.1) is 5.82 Å². The molecule has 0 radical (unpaired) electrons. The van der Waals surface area contributed by atoms with Crippen molar-refractivity contribution in [3.63, 3.8) is 0 Å². The topological polar surface area (TPSA) is 44.5 Å². The highest BCUT2D eigenvalue weighted by Gasteiger charge is 2.21. The zero-order valence-corrected chi connectivity index (χ0v) is 12.7. The predicted molar refractivity (Wildman–Crippen MR) is 83.2 cm³/mol. The van der Waals surface area contributed by atoms with E-state index in [1.807, 2.05) is 19.4 Å². The molecule has 0 saturated carbocycles. The number of nitrogens with zero attached hydrogens (tertiary/aromatic N) is 4. The Bertz CT molecular complexity index is 622. The summed E-state index contributed by atoms with van der Waals surface area (Å²) in [5.41, 5.74) is 1.49.